The molecule has 0 spiro atoms. The average Bonchev–Trinajstić information content (AvgIpc) is 3.09. The number of nitrogens with one attached hydrogen (secondary N) is 1. The number of carbonyl (C=O) groups excluding carboxylic acids is 2. The largest absolute Gasteiger partial charge is 0.448 e. The molecular formula is C18H21NO3S. The Balaban J connectivity index is 2.03. The van der Waals surface area contributed by atoms with E-state index in [4.69, 9.17) is 4.74 Å². The molecule has 1 N–H and O–H groups in total. The maximum Gasteiger partial charge on any atom is 0.349 e. The Hall–Kier alpha value is -2.14. The maximum absolute atomic E-state index is 12.3. The second-order valence-corrected chi connectivity index (χ2v) is 6.36. The van der Waals surface area contributed by atoms with Crippen LogP contribution in [0.4, 0.5) is 5.69 Å². The van der Waals surface area contributed by atoms with Crippen LogP contribution in [0.15, 0.2) is 41.8 Å². The molecule has 4 nitrogen and oxygen atoms in total. The van der Waals surface area contributed by atoms with Gasteiger partial charge in [-0.3, -0.25) is 4.79 Å². The molecule has 0 fully saturated rings. The molecule has 23 heavy (non-hydrogen) atoms. The lowest BCUT2D eigenvalue weighted by Gasteiger charge is -2.18. The Morgan fingerprint density at radius 3 is 2.57 bits per heavy atom. The molecule has 5 heteroatoms. The van der Waals surface area contributed by atoms with Gasteiger partial charge in [-0.05, 0) is 42.3 Å². The Labute approximate surface area is 140 Å². The Kier molecular flexibility index (Phi) is 5.93. The van der Waals surface area contributed by atoms with E-state index in [2.05, 4.69) is 19.2 Å². The molecule has 0 saturated carbocycles. The highest BCUT2D eigenvalue weighted by molar-refractivity contribution is 7.11. The number of thiophene rings is 1. The molecule has 1 heterocycles. The van der Waals surface area contributed by atoms with Gasteiger partial charge in [0.1, 0.15) is 4.88 Å². The lowest BCUT2D eigenvalue weighted by Crippen LogP contribution is -2.30. The van der Waals surface area contributed by atoms with Crippen LogP contribution in [0.3, 0.4) is 0 Å². The second-order valence-electron chi connectivity index (χ2n) is 5.41. The summed E-state index contributed by atoms with van der Waals surface area (Å²) in [5.74, 6) is -0.459. The first-order valence-electron chi connectivity index (χ1n) is 7.67. The van der Waals surface area contributed by atoms with E-state index in [-0.39, 0.29) is 5.91 Å². The molecule has 1 aromatic heterocycles. The third-order valence-electron chi connectivity index (χ3n) is 3.74. The molecule has 1 amide bonds. The highest BCUT2D eigenvalue weighted by Crippen LogP contribution is 2.26. The van der Waals surface area contributed by atoms with Crippen molar-refractivity contribution in [3.05, 3.63) is 52.2 Å². The molecule has 0 aliphatic rings. The second kappa shape index (κ2) is 7.92. The van der Waals surface area contributed by atoms with E-state index in [0.29, 0.717) is 10.8 Å². The summed E-state index contributed by atoms with van der Waals surface area (Å²) in [4.78, 5) is 24.7. The summed E-state index contributed by atoms with van der Waals surface area (Å²) in [5, 5.41) is 4.66. The highest BCUT2D eigenvalue weighted by Gasteiger charge is 2.20. The molecule has 0 saturated heterocycles. The normalized spacial score (nSPS) is 13.2. The molecule has 122 valence electrons. The molecule has 0 unspecified atom stereocenters. The number of amides is 1. The third kappa shape index (κ3) is 4.42. The van der Waals surface area contributed by atoms with E-state index < -0.39 is 12.1 Å². The fraction of sp³-hybridized carbons (Fsp3) is 0.333. The molecule has 0 aliphatic carbocycles. The van der Waals surface area contributed by atoms with Gasteiger partial charge in [-0.25, -0.2) is 4.79 Å². The quantitative estimate of drug-likeness (QED) is 0.796. The Morgan fingerprint density at radius 2 is 1.91 bits per heavy atom. The number of benzene rings is 1. The molecular weight excluding hydrogens is 310 g/mol. The number of anilines is 1. The first-order valence-corrected chi connectivity index (χ1v) is 8.55. The number of rotatable bonds is 6. The van der Waals surface area contributed by atoms with Crippen molar-refractivity contribution in [1.82, 2.24) is 0 Å². The monoisotopic (exact) mass is 331 g/mol. The van der Waals surface area contributed by atoms with Gasteiger partial charge in [0.15, 0.2) is 6.10 Å². The molecule has 0 aliphatic heterocycles. The van der Waals surface area contributed by atoms with Crippen molar-refractivity contribution >= 4 is 28.9 Å². The molecule has 0 bridgehead atoms. The number of para-hydroxylation sites is 1. The molecule has 0 radical (unpaired) electrons. The minimum atomic E-state index is -0.852. The van der Waals surface area contributed by atoms with E-state index in [0.717, 1.165) is 17.7 Å². The summed E-state index contributed by atoms with van der Waals surface area (Å²) in [5.41, 5.74) is 1.85. The minimum Gasteiger partial charge on any atom is -0.448 e. The van der Waals surface area contributed by atoms with Gasteiger partial charge in [0, 0.05) is 5.69 Å². The van der Waals surface area contributed by atoms with Crippen LogP contribution in [0.1, 0.15) is 48.3 Å². The zero-order chi connectivity index (χ0) is 16.8. The number of hydrogen-bond acceptors (Lipinski definition) is 4. The van der Waals surface area contributed by atoms with Crippen molar-refractivity contribution in [2.75, 3.05) is 5.32 Å². The van der Waals surface area contributed by atoms with Crippen molar-refractivity contribution in [1.29, 1.82) is 0 Å². The predicted molar refractivity (Wildman–Crippen MR) is 93.0 cm³/mol. The van der Waals surface area contributed by atoms with Crippen LogP contribution in [0.2, 0.25) is 0 Å². The Morgan fingerprint density at radius 1 is 1.17 bits per heavy atom. The Bertz CT molecular complexity index is 667. The lowest BCUT2D eigenvalue weighted by atomic mass is 9.97. The molecule has 2 atom stereocenters. The van der Waals surface area contributed by atoms with Gasteiger partial charge in [-0.1, -0.05) is 38.1 Å². The molecule has 1 aromatic carbocycles. The van der Waals surface area contributed by atoms with Crippen LogP contribution in [-0.2, 0) is 9.53 Å². The first kappa shape index (κ1) is 17.2. The predicted octanol–water partition coefficient (Wildman–Crippen LogP) is 4.45. The fourth-order valence-electron chi connectivity index (χ4n) is 2.16. The topological polar surface area (TPSA) is 55.4 Å². The van der Waals surface area contributed by atoms with Gasteiger partial charge >= 0.3 is 5.97 Å². The summed E-state index contributed by atoms with van der Waals surface area (Å²) >= 11 is 1.29. The van der Waals surface area contributed by atoms with Gasteiger partial charge in [0.2, 0.25) is 0 Å². The standard InChI is InChI=1S/C18H21NO3S/c1-4-12(2)14-8-5-6-9-15(14)19-17(20)13(3)22-18(21)16-10-7-11-23-16/h5-13H,4H2,1-3H3,(H,19,20)/t12-,13-/m1/s1. The van der Waals surface area contributed by atoms with E-state index in [1.807, 2.05) is 24.3 Å². The summed E-state index contributed by atoms with van der Waals surface area (Å²) in [6.45, 7) is 5.80. The summed E-state index contributed by atoms with van der Waals surface area (Å²) in [6.07, 6.45) is 0.130. The zero-order valence-corrected chi connectivity index (χ0v) is 14.4. The van der Waals surface area contributed by atoms with Gasteiger partial charge in [0.05, 0.1) is 0 Å². The van der Waals surface area contributed by atoms with E-state index in [1.165, 1.54) is 11.3 Å². The van der Waals surface area contributed by atoms with Crippen LogP contribution in [0.5, 0.6) is 0 Å². The van der Waals surface area contributed by atoms with Gasteiger partial charge in [-0.2, -0.15) is 0 Å². The fourth-order valence-corrected chi connectivity index (χ4v) is 2.77. The van der Waals surface area contributed by atoms with E-state index in [1.54, 1.807) is 24.4 Å². The van der Waals surface area contributed by atoms with Crippen LogP contribution >= 0.6 is 11.3 Å². The van der Waals surface area contributed by atoms with Crippen molar-refractivity contribution < 1.29 is 14.3 Å². The maximum atomic E-state index is 12.3. The van der Waals surface area contributed by atoms with Crippen molar-refractivity contribution in [2.24, 2.45) is 0 Å². The number of esters is 1. The van der Waals surface area contributed by atoms with Crippen molar-refractivity contribution in [2.45, 2.75) is 39.2 Å². The average molecular weight is 331 g/mol. The van der Waals surface area contributed by atoms with E-state index >= 15 is 0 Å². The van der Waals surface area contributed by atoms with Crippen molar-refractivity contribution in [3.8, 4) is 0 Å². The van der Waals surface area contributed by atoms with Crippen LogP contribution in [0, 0.1) is 0 Å². The van der Waals surface area contributed by atoms with Gasteiger partial charge < -0.3 is 10.1 Å². The van der Waals surface area contributed by atoms with Crippen LogP contribution < -0.4 is 5.32 Å². The highest BCUT2D eigenvalue weighted by atomic mass is 32.1. The number of ether oxygens (including phenoxy) is 1. The number of carbonyl (C=O) groups is 2. The summed E-state index contributed by atoms with van der Waals surface area (Å²) in [6, 6.07) is 11.2. The van der Waals surface area contributed by atoms with Gasteiger partial charge in [-0.15, -0.1) is 11.3 Å². The number of hydrogen-bond donors (Lipinski definition) is 1. The SMILES string of the molecule is CC[C@@H](C)c1ccccc1NC(=O)[C@@H](C)OC(=O)c1cccs1. The summed E-state index contributed by atoms with van der Waals surface area (Å²) in [7, 11) is 0. The minimum absolute atomic E-state index is 0.328. The molecule has 2 aromatic rings. The van der Waals surface area contributed by atoms with Crippen LogP contribution in [0.25, 0.3) is 0 Å². The van der Waals surface area contributed by atoms with Gasteiger partial charge in [0.25, 0.3) is 5.91 Å². The van der Waals surface area contributed by atoms with Crippen molar-refractivity contribution in [3.63, 3.8) is 0 Å². The van der Waals surface area contributed by atoms with E-state index in [9.17, 15) is 9.59 Å². The third-order valence-corrected chi connectivity index (χ3v) is 4.59. The zero-order valence-electron chi connectivity index (χ0n) is 13.5. The lowest BCUT2D eigenvalue weighted by molar-refractivity contribution is -0.123. The smallest absolute Gasteiger partial charge is 0.349 e. The first-order chi connectivity index (χ1) is 11.0. The molecule has 2 rings (SSSR count). The van der Waals surface area contributed by atoms with Crippen LogP contribution in [-0.4, -0.2) is 18.0 Å². The summed E-state index contributed by atoms with van der Waals surface area (Å²) < 4.78 is 5.21.